The van der Waals surface area contributed by atoms with Crippen molar-refractivity contribution in [3.05, 3.63) is 85.6 Å². The normalized spacial score (nSPS) is 20.2. The minimum Gasteiger partial charge on any atom is -0.331 e. The summed E-state index contributed by atoms with van der Waals surface area (Å²) in [4.78, 5) is 16.7. The molecule has 0 saturated carbocycles. The van der Waals surface area contributed by atoms with Gasteiger partial charge in [-0.2, -0.15) is 17.5 Å². The fourth-order valence-electron chi connectivity index (χ4n) is 6.00. The first-order valence-electron chi connectivity index (χ1n) is 13.7. The van der Waals surface area contributed by atoms with Crippen LogP contribution in [0.25, 0.3) is 0 Å². The van der Waals surface area contributed by atoms with Gasteiger partial charge in [-0.3, -0.25) is 4.79 Å². The van der Waals surface area contributed by atoms with Crippen LogP contribution < -0.4 is 0 Å². The van der Waals surface area contributed by atoms with Crippen molar-refractivity contribution in [1.82, 2.24) is 9.21 Å². The van der Waals surface area contributed by atoms with Gasteiger partial charge >= 0.3 is 6.18 Å². The van der Waals surface area contributed by atoms with Crippen molar-refractivity contribution in [2.24, 2.45) is 0 Å². The Morgan fingerprint density at radius 2 is 1.85 bits per heavy atom. The van der Waals surface area contributed by atoms with E-state index in [1.807, 2.05) is 11.4 Å². The van der Waals surface area contributed by atoms with E-state index in [-0.39, 0.29) is 23.3 Å². The van der Waals surface area contributed by atoms with Crippen molar-refractivity contribution in [1.29, 1.82) is 0 Å². The Bertz CT molecular complexity index is 1550. The second-order valence-corrected chi connectivity index (χ2v) is 14.1. The lowest BCUT2D eigenvalue weighted by Crippen LogP contribution is -2.45. The molecule has 0 N–H and O–H groups in total. The van der Waals surface area contributed by atoms with Gasteiger partial charge < -0.3 is 4.90 Å². The average Bonchev–Trinajstić information content (AvgIpc) is 3.42. The van der Waals surface area contributed by atoms with Crippen LogP contribution in [-0.2, 0) is 27.4 Å². The number of piperidine rings is 1. The predicted molar refractivity (Wildman–Crippen MR) is 155 cm³/mol. The molecule has 2 atom stereocenters. The molecule has 3 heterocycles. The largest absolute Gasteiger partial charge is 0.416 e. The minimum atomic E-state index is -4.49. The Balaban J connectivity index is 1.38. The molecular weight excluding hydrogens is 593 g/mol. The maximum atomic E-state index is 13.8. The molecular formula is C30H32ClF3N2O3S2. The second kappa shape index (κ2) is 11.7. The van der Waals surface area contributed by atoms with Crippen molar-refractivity contribution in [2.75, 3.05) is 13.1 Å². The monoisotopic (exact) mass is 624 g/mol. The number of aryl methyl sites for hydroxylation is 2. The highest BCUT2D eigenvalue weighted by Gasteiger charge is 2.38. The molecule has 0 spiro atoms. The summed E-state index contributed by atoms with van der Waals surface area (Å²) in [6.07, 6.45) is -1.18. The summed E-state index contributed by atoms with van der Waals surface area (Å²) in [7, 11) is -3.81. The van der Waals surface area contributed by atoms with E-state index in [4.69, 9.17) is 11.6 Å². The maximum Gasteiger partial charge on any atom is 0.416 e. The van der Waals surface area contributed by atoms with Crippen LogP contribution in [0.2, 0.25) is 5.02 Å². The highest BCUT2D eigenvalue weighted by Crippen LogP contribution is 2.40. The first kappa shape index (κ1) is 30.1. The van der Waals surface area contributed by atoms with Gasteiger partial charge in [-0.15, -0.1) is 11.3 Å². The zero-order valence-electron chi connectivity index (χ0n) is 22.9. The molecule has 2 aromatic carbocycles. The molecule has 5 nitrogen and oxygen atoms in total. The fraction of sp³-hybridized carbons (Fsp3) is 0.433. The quantitative estimate of drug-likeness (QED) is 0.285. The second-order valence-electron chi connectivity index (χ2n) is 10.8. The number of fused-ring (bicyclic) bond motifs is 1. The first-order valence-corrected chi connectivity index (χ1v) is 16.4. The first-order chi connectivity index (χ1) is 19.4. The minimum absolute atomic E-state index is 0.101. The van der Waals surface area contributed by atoms with Crippen LogP contribution in [0.1, 0.15) is 70.8 Å². The van der Waals surface area contributed by atoms with Crippen molar-refractivity contribution >= 4 is 38.9 Å². The molecule has 1 amide bonds. The van der Waals surface area contributed by atoms with Crippen molar-refractivity contribution < 1.29 is 26.4 Å². The summed E-state index contributed by atoms with van der Waals surface area (Å²) in [5, 5.41) is 2.41. The molecule has 11 heteroatoms. The van der Waals surface area contributed by atoms with Crippen LogP contribution in [0.15, 0.2) is 52.7 Å². The van der Waals surface area contributed by atoms with Gasteiger partial charge in [0.15, 0.2) is 0 Å². The molecule has 5 rings (SSSR count). The SMILES string of the molecule is Cc1cc(S(=O)(=O)N2CCCCC2CCC(=O)N2CCc3sccc3C2c2cccc(C(F)(F)F)c2)c(C)cc1Cl. The smallest absolute Gasteiger partial charge is 0.331 e. The molecule has 0 aliphatic carbocycles. The third-order valence-corrected chi connectivity index (χ3v) is 11.6. The number of thiophene rings is 1. The van der Waals surface area contributed by atoms with E-state index in [2.05, 4.69) is 0 Å². The van der Waals surface area contributed by atoms with Gasteiger partial charge in [-0.05, 0) is 97.5 Å². The summed E-state index contributed by atoms with van der Waals surface area (Å²) in [5.74, 6) is -0.189. The fourth-order valence-corrected chi connectivity index (χ4v) is 9.14. The van der Waals surface area contributed by atoms with Crippen LogP contribution in [0.5, 0.6) is 0 Å². The Hall–Kier alpha value is -2.40. The number of rotatable bonds is 6. The van der Waals surface area contributed by atoms with Crippen molar-refractivity contribution in [2.45, 2.75) is 75.5 Å². The van der Waals surface area contributed by atoms with Crippen molar-refractivity contribution in [3.63, 3.8) is 0 Å². The molecule has 3 aromatic rings. The van der Waals surface area contributed by atoms with Gasteiger partial charge in [0.05, 0.1) is 16.5 Å². The van der Waals surface area contributed by atoms with E-state index in [0.29, 0.717) is 54.1 Å². The summed E-state index contributed by atoms with van der Waals surface area (Å²) in [6.45, 7) is 4.26. The number of carbonyl (C=O) groups excluding carboxylic acids is 1. The maximum absolute atomic E-state index is 13.8. The van der Waals surface area contributed by atoms with Crippen LogP contribution >= 0.6 is 22.9 Å². The van der Waals surface area contributed by atoms with E-state index < -0.39 is 27.8 Å². The van der Waals surface area contributed by atoms with Gasteiger partial charge in [-0.1, -0.05) is 30.2 Å². The topological polar surface area (TPSA) is 57.7 Å². The van der Waals surface area contributed by atoms with Gasteiger partial charge in [0, 0.05) is 35.5 Å². The summed E-state index contributed by atoms with van der Waals surface area (Å²) in [5.41, 5.74) is 1.77. The molecule has 2 aliphatic rings. The molecule has 1 aromatic heterocycles. The third-order valence-electron chi connectivity index (χ3n) is 8.12. The van der Waals surface area contributed by atoms with Gasteiger partial charge in [0.1, 0.15) is 0 Å². The molecule has 220 valence electrons. The summed E-state index contributed by atoms with van der Waals surface area (Å²) >= 11 is 7.76. The number of nitrogens with zero attached hydrogens (tertiary/aromatic N) is 2. The lowest BCUT2D eigenvalue weighted by molar-refractivity contribution is -0.137. The van der Waals surface area contributed by atoms with Crippen LogP contribution in [0, 0.1) is 13.8 Å². The standard InChI is InChI=1S/C30H32ClF3N2O3S2/c1-19-17-27(20(2)16-25(19)31)41(38,39)36-13-4-3-8-23(36)9-10-28(37)35-14-11-26-24(12-15-40-26)29(35)21-6-5-7-22(18-21)30(32,33)34/h5-7,12,15-18,23,29H,3-4,8-11,13-14H2,1-2H3. The number of hydrogen-bond acceptors (Lipinski definition) is 4. The number of amides is 1. The number of hydrogen-bond donors (Lipinski definition) is 0. The van der Waals surface area contributed by atoms with Crippen LogP contribution in [0.3, 0.4) is 0 Å². The molecule has 0 bridgehead atoms. The van der Waals surface area contributed by atoms with Crippen LogP contribution in [0.4, 0.5) is 13.2 Å². The molecule has 1 saturated heterocycles. The highest BCUT2D eigenvalue weighted by molar-refractivity contribution is 7.89. The number of benzene rings is 2. The lowest BCUT2D eigenvalue weighted by atomic mass is 9.91. The third kappa shape index (κ3) is 6.07. The molecule has 41 heavy (non-hydrogen) atoms. The predicted octanol–water partition coefficient (Wildman–Crippen LogP) is 7.53. The molecule has 0 radical (unpaired) electrons. The number of carbonyl (C=O) groups is 1. The summed E-state index contributed by atoms with van der Waals surface area (Å²) < 4.78 is 69.7. The van der Waals surface area contributed by atoms with Crippen LogP contribution in [-0.4, -0.2) is 42.7 Å². The summed E-state index contributed by atoms with van der Waals surface area (Å²) in [6, 6.07) is 9.37. The molecule has 1 fully saturated rings. The number of alkyl halides is 3. The number of halogens is 4. The van der Waals surface area contributed by atoms with Gasteiger partial charge in [0.2, 0.25) is 15.9 Å². The van der Waals surface area contributed by atoms with Gasteiger partial charge in [-0.25, -0.2) is 8.42 Å². The van der Waals surface area contributed by atoms with Gasteiger partial charge in [0.25, 0.3) is 0 Å². The van der Waals surface area contributed by atoms with Crippen molar-refractivity contribution in [3.8, 4) is 0 Å². The Kier molecular flexibility index (Phi) is 8.58. The molecule has 2 unspecified atom stereocenters. The lowest BCUT2D eigenvalue weighted by Gasteiger charge is -2.38. The zero-order chi connectivity index (χ0) is 29.5. The van der Waals surface area contributed by atoms with E-state index in [9.17, 15) is 26.4 Å². The number of sulfonamides is 1. The highest BCUT2D eigenvalue weighted by atomic mass is 35.5. The average molecular weight is 625 g/mol. The zero-order valence-corrected chi connectivity index (χ0v) is 25.3. The molecule has 2 aliphatic heterocycles. The van der Waals surface area contributed by atoms with E-state index in [0.717, 1.165) is 35.4 Å². The Morgan fingerprint density at radius 1 is 1.07 bits per heavy atom. The van der Waals surface area contributed by atoms with E-state index in [1.54, 1.807) is 48.3 Å². The Labute approximate surface area is 248 Å². The van der Waals surface area contributed by atoms with E-state index >= 15 is 0 Å². The van der Waals surface area contributed by atoms with E-state index in [1.165, 1.54) is 10.4 Å². The Morgan fingerprint density at radius 3 is 2.61 bits per heavy atom.